The first-order valence-electron chi connectivity index (χ1n) is 3.86. The second-order valence-corrected chi connectivity index (χ2v) is 2.78. The Labute approximate surface area is 78.5 Å². The Morgan fingerprint density at radius 1 is 1.00 bits per heavy atom. The number of hydrogen-bond donors (Lipinski definition) is 1. The fraction of sp³-hybridized carbons (Fsp3) is 1.00. The summed E-state index contributed by atoms with van der Waals surface area (Å²) in [6.07, 6.45) is 0. The maximum atomic E-state index is 9.81. The molecule has 0 fully saturated rings. The Bertz CT molecular complexity index is 141. The summed E-state index contributed by atoms with van der Waals surface area (Å²) >= 11 is 0. The van der Waals surface area contributed by atoms with Crippen molar-refractivity contribution in [3.05, 3.63) is 0 Å². The summed E-state index contributed by atoms with van der Waals surface area (Å²) in [5.41, 5.74) is 0. The van der Waals surface area contributed by atoms with E-state index in [1.165, 1.54) is 35.4 Å². The van der Waals surface area contributed by atoms with Gasteiger partial charge in [-0.3, -0.25) is 0 Å². The molecule has 5 nitrogen and oxygen atoms in total. The van der Waals surface area contributed by atoms with Crippen LogP contribution in [-0.2, 0) is 18.9 Å². The van der Waals surface area contributed by atoms with Gasteiger partial charge < -0.3 is 24.1 Å². The summed E-state index contributed by atoms with van der Waals surface area (Å²) in [6, 6.07) is 0. The van der Waals surface area contributed by atoms with Crippen molar-refractivity contribution in [3.63, 3.8) is 0 Å². The maximum absolute atomic E-state index is 9.81. The Hall–Kier alpha value is -0.200. The number of hydrogen-bond acceptors (Lipinski definition) is 5. The molecule has 0 rings (SSSR count). The van der Waals surface area contributed by atoms with Crippen LogP contribution >= 0.6 is 0 Å². The van der Waals surface area contributed by atoms with Crippen molar-refractivity contribution >= 4 is 0 Å². The van der Waals surface area contributed by atoms with Gasteiger partial charge in [0.05, 0.1) is 0 Å². The van der Waals surface area contributed by atoms with Gasteiger partial charge in [0.1, 0.15) is 6.61 Å². The molecule has 1 atom stereocenters. The van der Waals surface area contributed by atoms with Crippen LogP contribution < -0.4 is 0 Å². The fourth-order valence-electron chi connectivity index (χ4n) is 1.06. The van der Waals surface area contributed by atoms with Gasteiger partial charge in [-0.1, -0.05) is 0 Å². The van der Waals surface area contributed by atoms with E-state index >= 15 is 0 Å². The van der Waals surface area contributed by atoms with Crippen LogP contribution in [0.3, 0.4) is 0 Å². The van der Waals surface area contributed by atoms with E-state index in [2.05, 4.69) is 0 Å². The molecule has 0 saturated heterocycles. The summed E-state index contributed by atoms with van der Waals surface area (Å²) < 4.78 is 19.9. The van der Waals surface area contributed by atoms with Crippen molar-refractivity contribution < 1.29 is 24.1 Å². The van der Waals surface area contributed by atoms with Gasteiger partial charge >= 0.3 is 0 Å². The molecule has 80 valence electrons. The molecule has 5 heteroatoms. The third-order valence-electron chi connectivity index (χ3n) is 2.10. The minimum atomic E-state index is -1.56. The van der Waals surface area contributed by atoms with E-state index in [0.717, 1.165) is 0 Å². The topological polar surface area (TPSA) is 57.2 Å². The summed E-state index contributed by atoms with van der Waals surface area (Å²) in [7, 11) is 5.67. The largest absolute Gasteiger partial charge is 0.379 e. The minimum absolute atomic E-state index is 0.0703. The quantitative estimate of drug-likeness (QED) is 0.602. The zero-order chi connectivity index (χ0) is 10.5. The van der Waals surface area contributed by atoms with E-state index in [1.54, 1.807) is 0 Å². The highest BCUT2D eigenvalue weighted by Gasteiger charge is 2.49. The van der Waals surface area contributed by atoms with Crippen LogP contribution in [0.5, 0.6) is 0 Å². The average molecular weight is 194 g/mol. The lowest BCUT2D eigenvalue weighted by Crippen LogP contribution is -2.59. The van der Waals surface area contributed by atoms with E-state index in [0.29, 0.717) is 0 Å². The number of methoxy groups -OCH3 is 4. The smallest absolute Gasteiger partial charge is 0.246 e. The van der Waals surface area contributed by atoms with Crippen molar-refractivity contribution in [3.8, 4) is 0 Å². The second-order valence-electron chi connectivity index (χ2n) is 2.78. The lowest BCUT2D eigenvalue weighted by atomic mass is 10.1. The Morgan fingerprint density at radius 3 is 1.69 bits per heavy atom. The highest BCUT2D eigenvalue weighted by Crippen LogP contribution is 2.27. The Balaban J connectivity index is 4.73. The van der Waals surface area contributed by atoms with Crippen molar-refractivity contribution in [2.24, 2.45) is 0 Å². The minimum Gasteiger partial charge on any atom is -0.379 e. The van der Waals surface area contributed by atoms with Crippen LogP contribution in [0.4, 0.5) is 0 Å². The van der Waals surface area contributed by atoms with Crippen LogP contribution in [0.15, 0.2) is 0 Å². The van der Waals surface area contributed by atoms with Crippen LogP contribution in [-0.4, -0.2) is 51.7 Å². The molecule has 0 spiro atoms. The molecule has 0 heterocycles. The third-order valence-corrected chi connectivity index (χ3v) is 2.10. The van der Waals surface area contributed by atoms with Gasteiger partial charge in [0.25, 0.3) is 0 Å². The molecule has 1 unspecified atom stereocenters. The second kappa shape index (κ2) is 4.88. The summed E-state index contributed by atoms with van der Waals surface area (Å²) in [6.45, 7) is 1.51. The molecule has 0 amide bonds. The van der Waals surface area contributed by atoms with Crippen LogP contribution in [0, 0.1) is 0 Å². The monoisotopic (exact) mass is 194 g/mol. The first-order valence-corrected chi connectivity index (χ1v) is 3.86. The molecule has 0 radical (unpaired) electrons. The lowest BCUT2D eigenvalue weighted by Gasteiger charge is -2.40. The van der Waals surface area contributed by atoms with Crippen LogP contribution in [0.1, 0.15) is 6.92 Å². The van der Waals surface area contributed by atoms with Gasteiger partial charge in [0, 0.05) is 28.4 Å². The molecule has 0 aromatic carbocycles. The first kappa shape index (κ1) is 12.8. The van der Waals surface area contributed by atoms with Gasteiger partial charge in [0.15, 0.2) is 0 Å². The standard InChI is InChI=1S/C8H18O5/c1-7(9,11-3)8(12-4,13-5)6-10-2/h9H,6H2,1-5H3. The molecule has 1 N–H and O–H groups in total. The molecule has 0 aromatic rings. The Kier molecular flexibility index (Phi) is 4.80. The predicted molar refractivity (Wildman–Crippen MR) is 46.3 cm³/mol. The molecule has 13 heavy (non-hydrogen) atoms. The van der Waals surface area contributed by atoms with Gasteiger partial charge in [-0.15, -0.1) is 0 Å². The van der Waals surface area contributed by atoms with E-state index in [-0.39, 0.29) is 6.61 Å². The van der Waals surface area contributed by atoms with Crippen molar-refractivity contribution in [1.82, 2.24) is 0 Å². The predicted octanol–water partition coefficient (Wildman–Crippen LogP) is -0.0232. The van der Waals surface area contributed by atoms with Gasteiger partial charge in [0.2, 0.25) is 11.6 Å². The molecule has 0 aromatic heterocycles. The maximum Gasteiger partial charge on any atom is 0.246 e. The zero-order valence-electron chi connectivity index (χ0n) is 8.79. The molecular formula is C8H18O5. The van der Waals surface area contributed by atoms with Crippen molar-refractivity contribution in [1.29, 1.82) is 0 Å². The van der Waals surface area contributed by atoms with E-state index in [4.69, 9.17) is 18.9 Å². The van der Waals surface area contributed by atoms with Crippen LogP contribution in [0.25, 0.3) is 0 Å². The average Bonchev–Trinajstić information content (AvgIpc) is 2.14. The van der Waals surface area contributed by atoms with E-state index in [1.807, 2.05) is 0 Å². The molecule has 0 aliphatic rings. The molecule has 0 aliphatic heterocycles. The first-order chi connectivity index (χ1) is 5.99. The Morgan fingerprint density at radius 2 is 1.46 bits per heavy atom. The van der Waals surface area contributed by atoms with E-state index < -0.39 is 11.6 Å². The van der Waals surface area contributed by atoms with E-state index in [9.17, 15) is 5.11 Å². The van der Waals surface area contributed by atoms with Gasteiger partial charge in [-0.25, -0.2) is 0 Å². The molecule has 0 saturated carbocycles. The lowest BCUT2D eigenvalue weighted by molar-refractivity contribution is -0.382. The van der Waals surface area contributed by atoms with Gasteiger partial charge in [-0.2, -0.15) is 0 Å². The molecular weight excluding hydrogens is 176 g/mol. The molecule has 0 aliphatic carbocycles. The third kappa shape index (κ3) is 2.38. The fourth-order valence-corrected chi connectivity index (χ4v) is 1.06. The molecule has 0 bridgehead atoms. The zero-order valence-corrected chi connectivity index (χ0v) is 8.79. The number of ether oxygens (including phenoxy) is 4. The number of aliphatic hydroxyl groups is 1. The summed E-state index contributed by atoms with van der Waals surface area (Å²) in [5.74, 6) is -2.87. The highest BCUT2D eigenvalue weighted by atomic mass is 16.8. The van der Waals surface area contributed by atoms with Gasteiger partial charge in [-0.05, 0) is 6.92 Å². The summed E-state index contributed by atoms with van der Waals surface area (Å²) in [5, 5.41) is 9.81. The number of rotatable bonds is 6. The van der Waals surface area contributed by atoms with Crippen molar-refractivity contribution in [2.45, 2.75) is 18.5 Å². The highest BCUT2D eigenvalue weighted by molar-refractivity contribution is 4.83. The van der Waals surface area contributed by atoms with Crippen LogP contribution in [0.2, 0.25) is 0 Å². The normalized spacial score (nSPS) is 17.1. The summed E-state index contributed by atoms with van der Waals surface area (Å²) in [4.78, 5) is 0. The SMILES string of the molecule is COCC(OC)(OC)C(C)(O)OC. The van der Waals surface area contributed by atoms with Crippen molar-refractivity contribution in [2.75, 3.05) is 35.0 Å².